The van der Waals surface area contributed by atoms with E-state index in [0.717, 1.165) is 4.47 Å². The molecule has 15 heavy (non-hydrogen) atoms. The summed E-state index contributed by atoms with van der Waals surface area (Å²) >= 11 is 3.29. The van der Waals surface area contributed by atoms with E-state index in [0.29, 0.717) is 11.1 Å². The number of carbonyl (C=O) groups is 1. The van der Waals surface area contributed by atoms with Crippen LogP contribution in [0.25, 0.3) is 0 Å². The lowest BCUT2D eigenvalue weighted by molar-refractivity contribution is 0.177. The van der Waals surface area contributed by atoms with Crippen LogP contribution in [0, 0.1) is 12.7 Å². The maximum Gasteiger partial charge on any atom is 0.407 e. The second-order valence-corrected chi connectivity index (χ2v) is 4.34. The highest BCUT2D eigenvalue weighted by molar-refractivity contribution is 9.10. The number of hydrogen-bond acceptors (Lipinski definition) is 2. The lowest BCUT2D eigenvalue weighted by atomic mass is 10.0. The van der Waals surface area contributed by atoms with Gasteiger partial charge < -0.3 is 10.1 Å². The second kappa shape index (κ2) is 3.81. The van der Waals surface area contributed by atoms with E-state index in [2.05, 4.69) is 21.2 Å². The number of hydrogen-bond donors (Lipinski definition) is 1. The fourth-order valence-electron chi connectivity index (χ4n) is 1.56. The van der Waals surface area contributed by atoms with Gasteiger partial charge in [-0.05, 0) is 24.6 Å². The van der Waals surface area contributed by atoms with Crippen molar-refractivity contribution in [1.82, 2.24) is 5.32 Å². The van der Waals surface area contributed by atoms with E-state index in [1.807, 2.05) is 0 Å². The van der Waals surface area contributed by atoms with Crippen LogP contribution < -0.4 is 5.32 Å². The first-order valence-corrected chi connectivity index (χ1v) is 5.26. The summed E-state index contributed by atoms with van der Waals surface area (Å²) in [4.78, 5) is 10.8. The van der Waals surface area contributed by atoms with Crippen LogP contribution >= 0.6 is 15.9 Å². The fourth-order valence-corrected chi connectivity index (χ4v) is 2.15. The van der Waals surface area contributed by atoms with Gasteiger partial charge in [0.05, 0.1) is 6.04 Å². The van der Waals surface area contributed by atoms with Crippen LogP contribution in [0.2, 0.25) is 0 Å². The van der Waals surface area contributed by atoms with Crippen LogP contribution in [0.4, 0.5) is 9.18 Å². The zero-order chi connectivity index (χ0) is 11.0. The lowest BCUT2D eigenvalue weighted by Crippen LogP contribution is -2.19. The molecule has 1 aliphatic heterocycles. The minimum Gasteiger partial charge on any atom is -0.447 e. The van der Waals surface area contributed by atoms with Gasteiger partial charge in [0, 0.05) is 10.0 Å². The molecule has 0 unspecified atom stereocenters. The van der Waals surface area contributed by atoms with Crippen molar-refractivity contribution in [3.8, 4) is 0 Å². The van der Waals surface area contributed by atoms with Crippen LogP contribution in [-0.4, -0.2) is 12.7 Å². The highest BCUT2D eigenvalue weighted by atomic mass is 79.9. The summed E-state index contributed by atoms with van der Waals surface area (Å²) in [5.74, 6) is -0.297. The Bertz CT molecular complexity index is 422. The van der Waals surface area contributed by atoms with Crippen molar-refractivity contribution in [2.45, 2.75) is 13.0 Å². The molecule has 1 atom stereocenters. The molecule has 0 aromatic heterocycles. The van der Waals surface area contributed by atoms with Crippen LogP contribution in [0.3, 0.4) is 0 Å². The number of amides is 1. The van der Waals surface area contributed by atoms with Crippen molar-refractivity contribution in [3.05, 3.63) is 33.5 Å². The number of aryl methyl sites for hydroxylation is 1. The molecular formula is C10H9BrFNO2. The third-order valence-corrected chi connectivity index (χ3v) is 2.75. The van der Waals surface area contributed by atoms with E-state index in [4.69, 9.17) is 4.74 Å². The van der Waals surface area contributed by atoms with Crippen LogP contribution in [0.1, 0.15) is 17.2 Å². The van der Waals surface area contributed by atoms with Crippen LogP contribution in [-0.2, 0) is 4.74 Å². The van der Waals surface area contributed by atoms with Gasteiger partial charge in [0.25, 0.3) is 0 Å². The normalized spacial score (nSPS) is 19.9. The third kappa shape index (κ3) is 1.97. The Kier molecular flexibility index (Phi) is 2.65. The van der Waals surface area contributed by atoms with Crippen molar-refractivity contribution in [1.29, 1.82) is 0 Å². The SMILES string of the molecule is Cc1cc(Br)cc([C@H]2COC(=O)N2)c1F. The van der Waals surface area contributed by atoms with Gasteiger partial charge in [0.15, 0.2) is 0 Å². The quantitative estimate of drug-likeness (QED) is 0.855. The molecule has 0 saturated carbocycles. The molecule has 3 nitrogen and oxygen atoms in total. The molecule has 1 aromatic carbocycles. The molecule has 5 heteroatoms. The van der Waals surface area contributed by atoms with E-state index in [1.165, 1.54) is 0 Å². The van der Waals surface area contributed by atoms with E-state index < -0.39 is 12.1 Å². The maximum atomic E-state index is 13.7. The number of cyclic esters (lactones) is 1. The molecule has 2 rings (SSSR count). The topological polar surface area (TPSA) is 38.3 Å². The standard InChI is InChI=1S/C10H9BrFNO2/c1-5-2-6(11)3-7(9(5)12)8-4-15-10(14)13-8/h2-3,8H,4H2,1H3,(H,13,14)/t8-/m1/s1. The third-order valence-electron chi connectivity index (χ3n) is 2.30. The fraction of sp³-hybridized carbons (Fsp3) is 0.300. The predicted molar refractivity (Wildman–Crippen MR) is 56.1 cm³/mol. The Morgan fingerprint density at radius 3 is 2.93 bits per heavy atom. The first kappa shape index (κ1) is 10.4. The number of halogens is 2. The van der Waals surface area contributed by atoms with E-state index in [9.17, 15) is 9.18 Å². The Morgan fingerprint density at radius 1 is 1.60 bits per heavy atom. The largest absolute Gasteiger partial charge is 0.447 e. The Morgan fingerprint density at radius 2 is 2.33 bits per heavy atom. The average molecular weight is 274 g/mol. The first-order chi connectivity index (χ1) is 7.08. The zero-order valence-corrected chi connectivity index (χ0v) is 9.60. The highest BCUT2D eigenvalue weighted by Gasteiger charge is 2.26. The molecule has 1 amide bonds. The molecule has 0 spiro atoms. The zero-order valence-electron chi connectivity index (χ0n) is 8.01. The smallest absolute Gasteiger partial charge is 0.407 e. The van der Waals surface area contributed by atoms with E-state index in [1.54, 1.807) is 19.1 Å². The van der Waals surface area contributed by atoms with E-state index >= 15 is 0 Å². The van der Waals surface area contributed by atoms with Gasteiger partial charge in [-0.3, -0.25) is 0 Å². The van der Waals surface area contributed by atoms with Gasteiger partial charge in [0.1, 0.15) is 12.4 Å². The van der Waals surface area contributed by atoms with Gasteiger partial charge in [-0.2, -0.15) is 0 Å². The number of carbonyl (C=O) groups excluding carboxylic acids is 1. The summed E-state index contributed by atoms with van der Waals surface area (Å²) < 4.78 is 19.2. The summed E-state index contributed by atoms with van der Waals surface area (Å²) in [5.41, 5.74) is 0.994. The molecule has 0 radical (unpaired) electrons. The number of benzene rings is 1. The number of alkyl carbamates (subject to hydrolysis) is 1. The van der Waals surface area contributed by atoms with Crippen LogP contribution in [0.5, 0.6) is 0 Å². The maximum absolute atomic E-state index is 13.7. The first-order valence-electron chi connectivity index (χ1n) is 4.47. The molecule has 1 saturated heterocycles. The van der Waals surface area contributed by atoms with Gasteiger partial charge in [0.2, 0.25) is 0 Å². The summed E-state index contributed by atoms with van der Waals surface area (Å²) in [7, 11) is 0. The van der Waals surface area contributed by atoms with Crippen molar-refractivity contribution >= 4 is 22.0 Å². The Balaban J connectivity index is 2.39. The summed E-state index contributed by atoms with van der Waals surface area (Å²) in [6, 6.07) is 2.95. The lowest BCUT2D eigenvalue weighted by Gasteiger charge is -2.11. The molecule has 1 N–H and O–H groups in total. The summed E-state index contributed by atoms with van der Waals surface area (Å²) in [6.45, 7) is 1.85. The minimum absolute atomic E-state index is 0.172. The van der Waals surface area contributed by atoms with Gasteiger partial charge in [-0.1, -0.05) is 15.9 Å². The molecule has 1 fully saturated rings. The van der Waals surface area contributed by atoms with Crippen molar-refractivity contribution in [2.75, 3.05) is 6.61 Å². The van der Waals surface area contributed by atoms with E-state index in [-0.39, 0.29) is 12.4 Å². The molecule has 1 aliphatic rings. The Hall–Kier alpha value is -1.10. The minimum atomic E-state index is -0.503. The second-order valence-electron chi connectivity index (χ2n) is 3.42. The predicted octanol–water partition coefficient (Wildman–Crippen LogP) is 2.68. The van der Waals surface area contributed by atoms with Crippen molar-refractivity contribution in [3.63, 3.8) is 0 Å². The van der Waals surface area contributed by atoms with Crippen LogP contribution in [0.15, 0.2) is 16.6 Å². The van der Waals surface area contributed by atoms with Gasteiger partial charge in [-0.25, -0.2) is 9.18 Å². The molecule has 80 valence electrons. The van der Waals surface area contributed by atoms with Gasteiger partial charge in [-0.15, -0.1) is 0 Å². The Labute approximate surface area is 94.7 Å². The van der Waals surface area contributed by atoms with Crippen molar-refractivity contribution in [2.24, 2.45) is 0 Å². The molecule has 0 bridgehead atoms. The molecule has 1 aromatic rings. The molecular weight excluding hydrogens is 265 g/mol. The molecule has 1 heterocycles. The van der Waals surface area contributed by atoms with Gasteiger partial charge >= 0.3 is 6.09 Å². The molecule has 0 aliphatic carbocycles. The summed E-state index contributed by atoms with van der Waals surface area (Å²) in [5, 5.41) is 2.54. The average Bonchev–Trinajstić information content (AvgIpc) is 2.58. The summed E-state index contributed by atoms with van der Waals surface area (Å²) in [6.07, 6.45) is -0.503. The highest BCUT2D eigenvalue weighted by Crippen LogP contribution is 2.26. The number of ether oxygens (including phenoxy) is 1. The number of rotatable bonds is 1. The number of nitrogens with one attached hydrogen (secondary N) is 1. The van der Waals surface area contributed by atoms with Crippen molar-refractivity contribution < 1.29 is 13.9 Å². The monoisotopic (exact) mass is 273 g/mol.